The van der Waals surface area contributed by atoms with Crippen LogP contribution >= 0.6 is 11.6 Å². The third kappa shape index (κ3) is 9.03. The second-order valence-corrected chi connectivity index (χ2v) is 13.7. The smallest absolute Gasteiger partial charge is 0.407 e. The van der Waals surface area contributed by atoms with Crippen molar-refractivity contribution in [3.63, 3.8) is 0 Å². The topological polar surface area (TPSA) is 88.9 Å². The Morgan fingerprint density at radius 3 is 2.59 bits per heavy atom. The second-order valence-electron chi connectivity index (χ2n) is 13.2. The second kappa shape index (κ2) is 14.9. The van der Waals surface area contributed by atoms with E-state index in [0.717, 1.165) is 24.0 Å². The van der Waals surface area contributed by atoms with Gasteiger partial charge in [-0.25, -0.2) is 9.78 Å². The molecule has 0 bridgehead atoms. The van der Waals surface area contributed by atoms with E-state index in [0.29, 0.717) is 73.1 Å². The van der Waals surface area contributed by atoms with Crippen LogP contribution < -0.4 is 10.9 Å². The van der Waals surface area contributed by atoms with Gasteiger partial charge in [0.05, 0.1) is 36.8 Å². The Labute approximate surface area is 266 Å². The van der Waals surface area contributed by atoms with Gasteiger partial charge in [-0.15, -0.1) is 0 Å². The van der Waals surface area contributed by atoms with Crippen LogP contribution in [0.15, 0.2) is 47.3 Å². The highest BCUT2D eigenvalue weighted by Crippen LogP contribution is 2.37. The molecule has 0 spiro atoms. The number of fused-ring (bicyclic) bond motifs is 1. The fourth-order valence-corrected chi connectivity index (χ4v) is 5.90. The van der Waals surface area contributed by atoms with E-state index in [1.165, 1.54) is 0 Å². The molecule has 1 aliphatic rings. The molecule has 1 aliphatic carbocycles. The molecular weight excluding hydrogens is 578 g/mol. The minimum Gasteiger partial charge on any atom is -0.444 e. The molecule has 0 aliphatic heterocycles. The predicted molar refractivity (Wildman–Crippen MR) is 176 cm³/mol. The van der Waals surface area contributed by atoms with Gasteiger partial charge >= 0.3 is 6.09 Å². The number of halogens is 1. The molecule has 1 heterocycles. The summed E-state index contributed by atoms with van der Waals surface area (Å²) in [5.41, 5.74) is 2.07. The van der Waals surface area contributed by atoms with Gasteiger partial charge in [0.15, 0.2) is 0 Å². The lowest BCUT2D eigenvalue weighted by atomic mass is 9.79. The van der Waals surface area contributed by atoms with E-state index >= 15 is 0 Å². The molecule has 9 nitrogen and oxygen atoms in total. The maximum absolute atomic E-state index is 14.2. The van der Waals surface area contributed by atoms with Crippen LogP contribution in [0.25, 0.3) is 10.9 Å². The standard InChI is InChI=1S/C34H48ClN5O4/c1-23-10-8-11-25(18-23)20-40-31(37-28-19-26(35)13-14-27(28)32(40)41)30(21-43-22-38(6)7)39(29-15-12-24(29)2)17-9-16-36-33(42)44-34(3,4)5/h8,10-11,13-14,18-19,24,29-30H,9,12,15-17,20-22H2,1-7H3,(H,36,42)/t24-,29?,30?/m0/s1. The molecule has 0 saturated heterocycles. The summed E-state index contributed by atoms with van der Waals surface area (Å²) in [6.07, 6.45) is 2.46. The maximum Gasteiger partial charge on any atom is 0.407 e. The molecular formula is C34H48ClN5O4. The van der Waals surface area contributed by atoms with Gasteiger partial charge < -0.3 is 14.8 Å². The first kappa shape index (κ1) is 33.9. The quantitative estimate of drug-likeness (QED) is 0.184. The number of nitrogens with one attached hydrogen (secondary N) is 1. The van der Waals surface area contributed by atoms with Gasteiger partial charge in [0.1, 0.15) is 11.4 Å². The van der Waals surface area contributed by atoms with Crippen LogP contribution in [0.3, 0.4) is 0 Å². The van der Waals surface area contributed by atoms with Gasteiger partial charge in [-0.2, -0.15) is 0 Å². The zero-order valence-electron chi connectivity index (χ0n) is 27.2. The van der Waals surface area contributed by atoms with Gasteiger partial charge in [0.25, 0.3) is 5.56 Å². The first-order chi connectivity index (χ1) is 20.8. The van der Waals surface area contributed by atoms with E-state index in [4.69, 9.17) is 26.1 Å². The first-order valence-electron chi connectivity index (χ1n) is 15.5. The number of aryl methyl sites for hydroxylation is 1. The number of carbonyl (C=O) groups is 1. The Hall–Kier alpha value is -2.98. The average molecular weight is 626 g/mol. The number of ether oxygens (including phenoxy) is 2. The highest BCUT2D eigenvalue weighted by molar-refractivity contribution is 6.31. The number of hydrogen-bond donors (Lipinski definition) is 1. The number of hydrogen-bond acceptors (Lipinski definition) is 7. The van der Waals surface area contributed by atoms with Crippen molar-refractivity contribution in [2.75, 3.05) is 40.5 Å². The van der Waals surface area contributed by atoms with Crippen molar-refractivity contribution in [2.24, 2.45) is 5.92 Å². The SMILES string of the molecule is Cc1cccc(Cn2c(C(COCN(C)C)N(CCCNC(=O)OC(C)(C)C)C3CC[C@@H]3C)nc3cc(Cl)ccc3c2=O)c1. The normalized spacial score (nSPS) is 17.6. The number of amides is 1. The van der Waals surface area contributed by atoms with Crippen molar-refractivity contribution in [1.82, 2.24) is 24.7 Å². The van der Waals surface area contributed by atoms with Gasteiger partial charge in [0, 0.05) is 24.2 Å². The molecule has 1 amide bonds. The van der Waals surface area contributed by atoms with Crippen LogP contribution in [-0.2, 0) is 16.0 Å². The lowest BCUT2D eigenvalue weighted by Gasteiger charge is -2.46. The Morgan fingerprint density at radius 2 is 1.95 bits per heavy atom. The number of rotatable bonds is 13. The minimum absolute atomic E-state index is 0.103. The van der Waals surface area contributed by atoms with Crippen LogP contribution in [0.2, 0.25) is 5.02 Å². The van der Waals surface area contributed by atoms with Crippen LogP contribution in [0, 0.1) is 12.8 Å². The Bertz CT molecular complexity index is 1480. The molecule has 240 valence electrons. The molecule has 1 aromatic heterocycles. The van der Waals surface area contributed by atoms with E-state index < -0.39 is 11.7 Å². The lowest BCUT2D eigenvalue weighted by molar-refractivity contribution is -0.0322. The summed E-state index contributed by atoms with van der Waals surface area (Å²) in [4.78, 5) is 36.1. The zero-order chi connectivity index (χ0) is 32.0. The summed E-state index contributed by atoms with van der Waals surface area (Å²) in [7, 11) is 3.93. The molecule has 10 heteroatoms. The minimum atomic E-state index is -0.558. The van der Waals surface area contributed by atoms with E-state index in [9.17, 15) is 9.59 Å². The van der Waals surface area contributed by atoms with E-state index in [1.54, 1.807) is 18.2 Å². The van der Waals surface area contributed by atoms with Crippen molar-refractivity contribution in [2.45, 2.75) is 78.1 Å². The first-order valence-corrected chi connectivity index (χ1v) is 15.9. The zero-order valence-corrected chi connectivity index (χ0v) is 28.0. The van der Waals surface area contributed by atoms with Crippen LogP contribution in [0.4, 0.5) is 4.79 Å². The summed E-state index contributed by atoms with van der Waals surface area (Å²) < 4.78 is 13.5. The van der Waals surface area contributed by atoms with Crippen molar-refractivity contribution in [3.05, 3.63) is 74.8 Å². The molecule has 0 radical (unpaired) electrons. The fraction of sp³-hybridized carbons (Fsp3) is 0.559. The Balaban J connectivity index is 1.75. The number of alkyl carbamates (subject to hydrolysis) is 1. The molecule has 4 rings (SSSR count). The van der Waals surface area contributed by atoms with Crippen LogP contribution in [-0.4, -0.2) is 77.6 Å². The number of benzene rings is 2. The molecule has 44 heavy (non-hydrogen) atoms. The summed E-state index contributed by atoms with van der Waals surface area (Å²) in [5, 5.41) is 3.96. The lowest BCUT2D eigenvalue weighted by Crippen LogP contribution is -2.51. The summed E-state index contributed by atoms with van der Waals surface area (Å²) in [6, 6.07) is 13.5. The van der Waals surface area contributed by atoms with Crippen molar-refractivity contribution < 1.29 is 14.3 Å². The van der Waals surface area contributed by atoms with E-state index in [-0.39, 0.29) is 11.6 Å². The largest absolute Gasteiger partial charge is 0.444 e. The number of aromatic nitrogens is 2. The average Bonchev–Trinajstić information content (AvgIpc) is 2.92. The monoisotopic (exact) mass is 625 g/mol. The van der Waals surface area contributed by atoms with E-state index in [2.05, 4.69) is 36.2 Å². The maximum atomic E-state index is 14.2. The molecule has 3 aromatic rings. The summed E-state index contributed by atoms with van der Waals surface area (Å²) in [6.45, 7) is 12.2. The number of carbonyl (C=O) groups excluding carboxylic acids is 1. The highest BCUT2D eigenvalue weighted by atomic mass is 35.5. The van der Waals surface area contributed by atoms with Gasteiger partial charge in [-0.3, -0.25) is 19.2 Å². The van der Waals surface area contributed by atoms with E-state index in [1.807, 2.05) is 56.5 Å². The molecule has 2 unspecified atom stereocenters. The molecule has 1 saturated carbocycles. The molecule has 2 aromatic carbocycles. The predicted octanol–water partition coefficient (Wildman–Crippen LogP) is 6.00. The third-order valence-electron chi connectivity index (χ3n) is 7.96. The Kier molecular flexibility index (Phi) is 11.5. The van der Waals surface area contributed by atoms with Gasteiger partial charge in [-0.1, -0.05) is 48.4 Å². The molecule has 1 N–H and O–H groups in total. The highest BCUT2D eigenvalue weighted by Gasteiger charge is 2.38. The van der Waals surface area contributed by atoms with Crippen molar-refractivity contribution >= 4 is 28.6 Å². The van der Waals surface area contributed by atoms with Crippen molar-refractivity contribution in [3.8, 4) is 0 Å². The molecule has 3 atom stereocenters. The van der Waals surface area contributed by atoms with Crippen LogP contribution in [0.5, 0.6) is 0 Å². The third-order valence-corrected chi connectivity index (χ3v) is 8.19. The Morgan fingerprint density at radius 1 is 1.18 bits per heavy atom. The summed E-state index contributed by atoms with van der Waals surface area (Å²) in [5.74, 6) is 1.14. The number of nitrogens with zero attached hydrogens (tertiary/aromatic N) is 4. The fourth-order valence-electron chi connectivity index (χ4n) is 5.74. The molecule has 1 fully saturated rings. The summed E-state index contributed by atoms with van der Waals surface area (Å²) >= 11 is 6.39. The van der Waals surface area contributed by atoms with Crippen LogP contribution in [0.1, 0.15) is 70.0 Å². The van der Waals surface area contributed by atoms with Gasteiger partial charge in [-0.05, 0) is 90.7 Å². The van der Waals surface area contributed by atoms with Crippen molar-refractivity contribution in [1.29, 1.82) is 0 Å². The van der Waals surface area contributed by atoms with Gasteiger partial charge in [0.2, 0.25) is 0 Å².